The molecule has 1 aromatic heterocycles. The highest BCUT2D eigenvalue weighted by Gasteiger charge is 2.09. The van der Waals surface area contributed by atoms with Gasteiger partial charge in [-0.25, -0.2) is 0 Å². The van der Waals surface area contributed by atoms with Crippen molar-refractivity contribution in [3.63, 3.8) is 0 Å². The number of aryl methyl sites for hydroxylation is 2. The van der Waals surface area contributed by atoms with Gasteiger partial charge in [0.1, 0.15) is 0 Å². The van der Waals surface area contributed by atoms with Crippen molar-refractivity contribution in [2.75, 3.05) is 0 Å². The minimum atomic E-state index is 0.595. The van der Waals surface area contributed by atoms with E-state index in [9.17, 15) is 0 Å². The molecule has 0 radical (unpaired) electrons. The van der Waals surface area contributed by atoms with Gasteiger partial charge in [-0.05, 0) is 31.5 Å². The first-order valence-corrected chi connectivity index (χ1v) is 6.29. The predicted molar refractivity (Wildman–Crippen MR) is 80.3 cm³/mol. The van der Waals surface area contributed by atoms with Gasteiger partial charge in [-0.2, -0.15) is 0 Å². The maximum Gasteiger partial charge on any atom is 0.0550 e. The van der Waals surface area contributed by atoms with Crippen molar-refractivity contribution < 1.29 is 0 Å². The highest BCUT2D eigenvalue weighted by atomic mass is 14.7. The third kappa shape index (κ3) is 2.83. The second kappa shape index (κ2) is 6.10. The third-order valence-electron chi connectivity index (χ3n) is 2.76. The molecule has 2 nitrogen and oxygen atoms in total. The quantitative estimate of drug-likeness (QED) is 0.812. The molecule has 0 fully saturated rings. The van der Waals surface area contributed by atoms with E-state index in [4.69, 9.17) is 5.73 Å². The number of rotatable bonds is 2. The van der Waals surface area contributed by atoms with E-state index < -0.39 is 0 Å². The number of aromatic nitrogens is 1. The van der Waals surface area contributed by atoms with Crippen LogP contribution in [0.5, 0.6) is 0 Å². The molecule has 0 atom stereocenters. The Bertz CT molecular complexity index is 536. The van der Waals surface area contributed by atoms with Crippen LogP contribution in [-0.4, -0.2) is 4.98 Å². The molecule has 1 aromatic carbocycles. The molecule has 0 aliphatic heterocycles. The van der Waals surface area contributed by atoms with Crippen LogP contribution in [0.3, 0.4) is 0 Å². The van der Waals surface area contributed by atoms with Crippen molar-refractivity contribution in [1.29, 1.82) is 0 Å². The highest BCUT2D eigenvalue weighted by molar-refractivity contribution is 5.78. The summed E-state index contributed by atoms with van der Waals surface area (Å²) in [6.45, 7) is 12.0. The van der Waals surface area contributed by atoms with Gasteiger partial charge >= 0.3 is 0 Å². The topological polar surface area (TPSA) is 41.8 Å². The summed E-state index contributed by atoms with van der Waals surface area (Å²) in [7, 11) is 0. The summed E-state index contributed by atoms with van der Waals surface area (Å²) in [5.41, 5.74) is 12.1. The maximum absolute atomic E-state index is 5.77. The normalized spacial score (nSPS) is 9.56. The van der Waals surface area contributed by atoms with Crippen molar-refractivity contribution in [3.05, 3.63) is 53.7 Å². The second-order valence-electron chi connectivity index (χ2n) is 4.11. The van der Waals surface area contributed by atoms with Crippen LogP contribution in [0.25, 0.3) is 17.0 Å². The average molecular weight is 242 g/mol. The first kappa shape index (κ1) is 14.1. The first-order chi connectivity index (χ1) is 8.59. The number of aromatic amines is 1. The number of H-pyrrole nitrogens is 1. The van der Waals surface area contributed by atoms with Gasteiger partial charge in [0, 0.05) is 23.0 Å². The second-order valence-corrected chi connectivity index (χ2v) is 4.11. The van der Waals surface area contributed by atoms with Crippen molar-refractivity contribution in [2.24, 2.45) is 5.73 Å². The van der Waals surface area contributed by atoms with Gasteiger partial charge in [0.2, 0.25) is 0 Å². The minimum absolute atomic E-state index is 0.595. The molecule has 2 heteroatoms. The summed E-state index contributed by atoms with van der Waals surface area (Å²) in [6, 6.07) is 8.35. The molecule has 2 rings (SSSR count). The van der Waals surface area contributed by atoms with Gasteiger partial charge in [-0.15, -0.1) is 0 Å². The van der Waals surface area contributed by atoms with Crippen molar-refractivity contribution in [3.8, 4) is 11.3 Å². The molecule has 0 saturated heterocycles. The average Bonchev–Trinajstić information content (AvgIpc) is 2.84. The van der Waals surface area contributed by atoms with Gasteiger partial charge in [0.15, 0.2) is 0 Å². The molecule has 0 spiro atoms. The van der Waals surface area contributed by atoms with E-state index in [0.717, 1.165) is 11.3 Å². The number of hydrogen-bond acceptors (Lipinski definition) is 1. The third-order valence-corrected chi connectivity index (χ3v) is 2.76. The van der Waals surface area contributed by atoms with Gasteiger partial charge in [-0.1, -0.05) is 38.1 Å². The Kier molecular flexibility index (Phi) is 4.78. The van der Waals surface area contributed by atoms with Crippen LogP contribution in [-0.2, 0) is 0 Å². The molecule has 0 unspecified atom stereocenters. The Balaban J connectivity index is 0.000000771. The van der Waals surface area contributed by atoms with Crippen LogP contribution in [0.15, 0.2) is 37.0 Å². The predicted octanol–water partition coefficient (Wildman–Crippen LogP) is 4.25. The van der Waals surface area contributed by atoms with Crippen LogP contribution in [0.4, 0.5) is 0 Å². The molecule has 0 aliphatic carbocycles. The van der Waals surface area contributed by atoms with Gasteiger partial charge < -0.3 is 10.7 Å². The van der Waals surface area contributed by atoms with E-state index in [-0.39, 0.29) is 0 Å². The van der Waals surface area contributed by atoms with E-state index in [1.165, 1.54) is 16.7 Å². The molecule has 18 heavy (non-hydrogen) atoms. The molecule has 0 amide bonds. The number of nitrogens with two attached hydrogens (primary N) is 1. The monoisotopic (exact) mass is 242 g/mol. The van der Waals surface area contributed by atoms with Crippen LogP contribution in [0, 0.1) is 13.8 Å². The van der Waals surface area contributed by atoms with E-state index in [2.05, 4.69) is 43.6 Å². The Hall–Kier alpha value is -1.96. The molecule has 0 saturated carbocycles. The zero-order valence-electron chi connectivity index (χ0n) is 11.7. The molecular weight excluding hydrogens is 220 g/mol. The molecule has 0 bridgehead atoms. The standard InChI is InChI=1S/C14H16N2.C2H6/c1-9-4-5-10(2)13(8-9)14-12(11(3)15)6-7-16-14;1-2/h4-8,16H,3,15H2,1-2H3;1-2H3. The number of nitrogens with one attached hydrogen (secondary N) is 1. The van der Waals surface area contributed by atoms with E-state index in [1.54, 1.807) is 0 Å². The summed E-state index contributed by atoms with van der Waals surface area (Å²) in [4.78, 5) is 3.23. The number of benzene rings is 1. The van der Waals surface area contributed by atoms with Crippen LogP contribution in [0.2, 0.25) is 0 Å². The van der Waals surface area contributed by atoms with Crippen molar-refractivity contribution in [1.82, 2.24) is 4.98 Å². The summed E-state index contributed by atoms with van der Waals surface area (Å²) in [5.74, 6) is 0. The number of hydrogen-bond donors (Lipinski definition) is 2. The maximum atomic E-state index is 5.77. The lowest BCUT2D eigenvalue weighted by Crippen LogP contribution is -1.95. The van der Waals surface area contributed by atoms with Crippen LogP contribution in [0.1, 0.15) is 30.5 Å². The lowest BCUT2D eigenvalue weighted by atomic mass is 10.00. The van der Waals surface area contributed by atoms with E-state index in [0.29, 0.717) is 5.70 Å². The largest absolute Gasteiger partial charge is 0.399 e. The summed E-state index contributed by atoms with van der Waals surface area (Å²) in [5, 5.41) is 0. The minimum Gasteiger partial charge on any atom is -0.399 e. The Labute approximate surface area is 110 Å². The molecule has 0 aliphatic rings. The van der Waals surface area contributed by atoms with E-state index in [1.807, 2.05) is 26.1 Å². The SMILES string of the molecule is C=C(N)c1cc[nH]c1-c1cc(C)ccc1C.CC. The smallest absolute Gasteiger partial charge is 0.0550 e. The van der Waals surface area contributed by atoms with Crippen LogP contribution >= 0.6 is 0 Å². The highest BCUT2D eigenvalue weighted by Crippen LogP contribution is 2.28. The Morgan fingerprint density at radius 3 is 2.44 bits per heavy atom. The zero-order valence-corrected chi connectivity index (χ0v) is 11.7. The van der Waals surface area contributed by atoms with Gasteiger partial charge in [0.05, 0.1) is 5.69 Å². The fourth-order valence-electron chi connectivity index (χ4n) is 1.87. The molecule has 1 heterocycles. The van der Waals surface area contributed by atoms with Crippen LogP contribution < -0.4 is 5.73 Å². The molecule has 96 valence electrons. The Morgan fingerprint density at radius 2 is 1.83 bits per heavy atom. The lowest BCUT2D eigenvalue weighted by Gasteiger charge is -2.08. The molecule has 3 N–H and O–H groups in total. The van der Waals surface area contributed by atoms with E-state index >= 15 is 0 Å². The van der Waals surface area contributed by atoms with Crippen molar-refractivity contribution >= 4 is 5.70 Å². The van der Waals surface area contributed by atoms with Gasteiger partial charge in [0.25, 0.3) is 0 Å². The summed E-state index contributed by atoms with van der Waals surface area (Å²) in [6.07, 6.45) is 1.89. The molecular formula is C16H22N2. The fourth-order valence-corrected chi connectivity index (χ4v) is 1.87. The lowest BCUT2D eigenvalue weighted by molar-refractivity contribution is 1.33. The summed E-state index contributed by atoms with van der Waals surface area (Å²) < 4.78 is 0. The fraction of sp³-hybridized carbons (Fsp3) is 0.250. The zero-order chi connectivity index (χ0) is 13.7. The first-order valence-electron chi connectivity index (χ1n) is 6.29. The Morgan fingerprint density at radius 1 is 1.17 bits per heavy atom. The van der Waals surface area contributed by atoms with Gasteiger partial charge in [-0.3, -0.25) is 0 Å². The molecule has 2 aromatic rings. The van der Waals surface area contributed by atoms with Crippen molar-refractivity contribution in [2.45, 2.75) is 27.7 Å². The summed E-state index contributed by atoms with van der Waals surface area (Å²) >= 11 is 0.